The second kappa shape index (κ2) is 7.01. The van der Waals surface area contributed by atoms with Crippen LogP contribution in [0.3, 0.4) is 0 Å². The highest BCUT2D eigenvalue weighted by atomic mass is 35.5. The van der Waals surface area contributed by atoms with Gasteiger partial charge in [0.25, 0.3) is 0 Å². The summed E-state index contributed by atoms with van der Waals surface area (Å²) in [5.74, 6) is 0.934. The van der Waals surface area contributed by atoms with Gasteiger partial charge in [-0.3, -0.25) is 0 Å². The second-order valence-corrected chi connectivity index (χ2v) is 7.24. The summed E-state index contributed by atoms with van der Waals surface area (Å²) in [6, 6.07) is 6.26. The molecule has 1 aromatic carbocycles. The van der Waals surface area contributed by atoms with Crippen LogP contribution in [0, 0.1) is 13.8 Å². The van der Waals surface area contributed by atoms with Crippen molar-refractivity contribution in [1.82, 2.24) is 5.32 Å². The maximum absolute atomic E-state index is 6.33. The summed E-state index contributed by atoms with van der Waals surface area (Å²) in [5, 5.41) is 3.48. The van der Waals surface area contributed by atoms with Crippen molar-refractivity contribution in [2.24, 2.45) is 0 Å². The second-order valence-electron chi connectivity index (χ2n) is 4.96. The zero-order chi connectivity index (χ0) is 15.6. The van der Waals surface area contributed by atoms with Crippen LogP contribution in [0.15, 0.2) is 18.2 Å². The third kappa shape index (κ3) is 3.54. The quantitative estimate of drug-likeness (QED) is 0.786. The van der Waals surface area contributed by atoms with E-state index in [4.69, 9.17) is 27.9 Å². The molecule has 1 atom stereocenters. The lowest BCUT2D eigenvalue weighted by Crippen LogP contribution is -2.22. The molecule has 5 heteroatoms. The third-order valence-electron chi connectivity index (χ3n) is 3.42. The van der Waals surface area contributed by atoms with Crippen LogP contribution in [0.2, 0.25) is 8.67 Å². The standard InChI is InChI=1S/C16H19Cl2NOS/c1-5-19-14(12-8-13(17)21-16(12)18)11-6-9(2)15(20-4)10(3)7-11/h6-8,14,19H,5H2,1-4H3. The van der Waals surface area contributed by atoms with Gasteiger partial charge in [0.15, 0.2) is 0 Å². The number of hydrogen-bond acceptors (Lipinski definition) is 3. The Morgan fingerprint density at radius 2 is 1.81 bits per heavy atom. The van der Waals surface area contributed by atoms with Crippen LogP contribution in [0.4, 0.5) is 0 Å². The fraction of sp³-hybridized carbons (Fsp3) is 0.375. The van der Waals surface area contributed by atoms with Crippen LogP contribution in [0.5, 0.6) is 5.75 Å². The minimum atomic E-state index is 0.0366. The highest BCUT2D eigenvalue weighted by Gasteiger charge is 2.20. The Kier molecular flexibility index (Phi) is 5.55. The molecule has 2 nitrogen and oxygen atoms in total. The van der Waals surface area contributed by atoms with Crippen LogP contribution in [0.25, 0.3) is 0 Å². The Morgan fingerprint density at radius 3 is 2.24 bits per heavy atom. The third-order valence-corrected chi connectivity index (χ3v) is 4.94. The van der Waals surface area contributed by atoms with Crippen molar-refractivity contribution in [2.75, 3.05) is 13.7 Å². The van der Waals surface area contributed by atoms with Gasteiger partial charge in [0, 0.05) is 5.56 Å². The highest BCUT2D eigenvalue weighted by molar-refractivity contribution is 7.20. The molecule has 2 aromatic rings. The topological polar surface area (TPSA) is 21.3 Å². The van der Waals surface area contributed by atoms with Gasteiger partial charge < -0.3 is 10.1 Å². The Balaban J connectivity index is 2.51. The molecular formula is C16H19Cl2NOS. The van der Waals surface area contributed by atoms with Crippen molar-refractivity contribution >= 4 is 34.5 Å². The summed E-state index contributed by atoms with van der Waals surface area (Å²) in [5.41, 5.74) is 4.43. The van der Waals surface area contributed by atoms with Gasteiger partial charge in [0.1, 0.15) is 5.75 Å². The largest absolute Gasteiger partial charge is 0.496 e. The molecule has 1 N–H and O–H groups in total. The molecule has 2 rings (SSSR count). The van der Waals surface area contributed by atoms with Gasteiger partial charge in [0.05, 0.1) is 21.8 Å². The number of hydrogen-bond donors (Lipinski definition) is 1. The van der Waals surface area contributed by atoms with Gasteiger partial charge in [0.2, 0.25) is 0 Å². The molecule has 21 heavy (non-hydrogen) atoms. The van der Waals surface area contributed by atoms with Crippen molar-refractivity contribution in [3.05, 3.63) is 49.1 Å². The molecule has 0 radical (unpaired) electrons. The Morgan fingerprint density at radius 1 is 1.19 bits per heavy atom. The molecule has 0 aliphatic carbocycles. The Bertz CT molecular complexity index is 616. The molecule has 0 bridgehead atoms. The van der Waals surface area contributed by atoms with Gasteiger partial charge in [-0.1, -0.05) is 42.3 Å². The average molecular weight is 344 g/mol. The summed E-state index contributed by atoms with van der Waals surface area (Å²) in [6.45, 7) is 7.04. The molecule has 0 aliphatic heterocycles. The number of rotatable bonds is 5. The van der Waals surface area contributed by atoms with E-state index in [9.17, 15) is 0 Å². The minimum Gasteiger partial charge on any atom is -0.496 e. The zero-order valence-corrected chi connectivity index (χ0v) is 14.9. The van der Waals surface area contributed by atoms with E-state index >= 15 is 0 Å². The average Bonchev–Trinajstić information content (AvgIpc) is 2.74. The fourth-order valence-corrected chi connectivity index (χ4v) is 4.17. The van der Waals surface area contributed by atoms with E-state index in [0.717, 1.165) is 33.3 Å². The van der Waals surface area contributed by atoms with E-state index < -0.39 is 0 Å². The molecule has 0 saturated carbocycles. The minimum absolute atomic E-state index is 0.0366. The van der Waals surface area contributed by atoms with Crippen molar-refractivity contribution in [2.45, 2.75) is 26.8 Å². The summed E-state index contributed by atoms with van der Waals surface area (Å²) < 4.78 is 6.88. The van der Waals surface area contributed by atoms with Crippen molar-refractivity contribution in [3.63, 3.8) is 0 Å². The molecule has 0 spiro atoms. The number of halogens is 2. The van der Waals surface area contributed by atoms with E-state index in [0.29, 0.717) is 4.34 Å². The first-order valence-corrected chi connectivity index (χ1v) is 8.38. The maximum Gasteiger partial charge on any atom is 0.124 e. The Labute approximate surface area is 140 Å². The first kappa shape index (κ1) is 16.6. The summed E-state index contributed by atoms with van der Waals surface area (Å²) in [6.07, 6.45) is 0. The first-order chi connectivity index (χ1) is 9.97. The smallest absolute Gasteiger partial charge is 0.124 e. The predicted octanol–water partition coefficient (Wildman–Crippen LogP) is 5.38. The van der Waals surface area contributed by atoms with Crippen LogP contribution >= 0.6 is 34.5 Å². The molecule has 0 fully saturated rings. The van der Waals surface area contributed by atoms with E-state index in [1.165, 1.54) is 16.9 Å². The molecule has 1 heterocycles. The lowest BCUT2D eigenvalue weighted by atomic mass is 9.96. The molecule has 1 unspecified atom stereocenters. The van der Waals surface area contributed by atoms with Gasteiger partial charge in [-0.15, -0.1) is 11.3 Å². The number of nitrogens with one attached hydrogen (secondary N) is 1. The van der Waals surface area contributed by atoms with Gasteiger partial charge in [-0.05, 0) is 43.1 Å². The molecule has 114 valence electrons. The van der Waals surface area contributed by atoms with Crippen molar-refractivity contribution in [1.29, 1.82) is 0 Å². The molecule has 0 amide bonds. The lowest BCUT2D eigenvalue weighted by Gasteiger charge is -2.20. The SMILES string of the molecule is CCNC(c1cc(C)c(OC)c(C)c1)c1cc(Cl)sc1Cl. The number of benzene rings is 1. The normalized spacial score (nSPS) is 12.5. The van der Waals surface area contributed by atoms with Gasteiger partial charge in [-0.25, -0.2) is 0 Å². The summed E-state index contributed by atoms with van der Waals surface area (Å²) in [7, 11) is 1.70. The van der Waals surface area contributed by atoms with E-state index in [1.54, 1.807) is 7.11 Å². The number of methoxy groups -OCH3 is 1. The highest BCUT2D eigenvalue weighted by Crippen LogP contribution is 2.38. The first-order valence-electron chi connectivity index (χ1n) is 6.81. The van der Waals surface area contributed by atoms with Crippen LogP contribution in [-0.4, -0.2) is 13.7 Å². The van der Waals surface area contributed by atoms with Gasteiger partial charge >= 0.3 is 0 Å². The van der Waals surface area contributed by atoms with Crippen LogP contribution in [-0.2, 0) is 0 Å². The zero-order valence-electron chi connectivity index (χ0n) is 12.6. The predicted molar refractivity (Wildman–Crippen MR) is 92.3 cm³/mol. The van der Waals surface area contributed by atoms with Crippen molar-refractivity contribution < 1.29 is 4.74 Å². The maximum atomic E-state index is 6.33. The molecule has 0 saturated heterocycles. The van der Waals surface area contributed by atoms with Crippen molar-refractivity contribution in [3.8, 4) is 5.75 Å². The van der Waals surface area contributed by atoms with Crippen LogP contribution < -0.4 is 10.1 Å². The number of ether oxygens (including phenoxy) is 1. The van der Waals surface area contributed by atoms with E-state index in [1.807, 2.05) is 6.07 Å². The molecular weight excluding hydrogens is 325 g/mol. The molecule has 1 aromatic heterocycles. The van der Waals surface area contributed by atoms with Gasteiger partial charge in [-0.2, -0.15) is 0 Å². The molecule has 0 aliphatic rings. The summed E-state index contributed by atoms with van der Waals surface area (Å²) in [4.78, 5) is 0. The Hall–Kier alpha value is -0.740. The number of aryl methyl sites for hydroxylation is 2. The monoisotopic (exact) mass is 343 g/mol. The van der Waals surface area contributed by atoms with E-state index in [-0.39, 0.29) is 6.04 Å². The fourth-order valence-electron chi connectivity index (χ4n) is 2.63. The van der Waals surface area contributed by atoms with Crippen LogP contribution in [0.1, 0.15) is 35.2 Å². The van der Waals surface area contributed by atoms with E-state index in [2.05, 4.69) is 38.2 Å². The lowest BCUT2D eigenvalue weighted by molar-refractivity contribution is 0.408. The number of thiophene rings is 1. The summed E-state index contributed by atoms with van der Waals surface area (Å²) >= 11 is 13.8.